The van der Waals surface area contributed by atoms with E-state index < -0.39 is 0 Å². The molecule has 0 radical (unpaired) electrons. The summed E-state index contributed by atoms with van der Waals surface area (Å²) in [5.74, 6) is 0.620. The number of likely N-dealkylation sites (tertiary alicyclic amines) is 1. The summed E-state index contributed by atoms with van der Waals surface area (Å²) < 4.78 is 2.08. The molecule has 3 atom stereocenters. The van der Waals surface area contributed by atoms with Gasteiger partial charge in [-0.25, -0.2) is 4.98 Å². The van der Waals surface area contributed by atoms with E-state index in [2.05, 4.69) is 19.9 Å². The third kappa shape index (κ3) is 2.90. The molecule has 1 N–H and O–H groups in total. The molecule has 7 nitrogen and oxygen atoms in total. The zero-order chi connectivity index (χ0) is 17.4. The number of carbonyl (C=O) groups excluding carboxylic acids is 2. The van der Waals surface area contributed by atoms with E-state index in [0.717, 1.165) is 30.8 Å². The van der Waals surface area contributed by atoms with E-state index in [4.69, 9.17) is 0 Å². The van der Waals surface area contributed by atoms with Crippen LogP contribution in [0.3, 0.4) is 0 Å². The first kappa shape index (κ1) is 15.8. The highest BCUT2D eigenvalue weighted by Gasteiger charge is 2.43. The van der Waals surface area contributed by atoms with Gasteiger partial charge in [0.1, 0.15) is 5.82 Å². The van der Waals surface area contributed by atoms with Gasteiger partial charge in [0.25, 0.3) is 0 Å². The lowest BCUT2D eigenvalue weighted by molar-refractivity contribution is -0.128. The second-order valence-electron chi connectivity index (χ2n) is 6.79. The van der Waals surface area contributed by atoms with Gasteiger partial charge in [0.2, 0.25) is 11.8 Å². The Morgan fingerprint density at radius 3 is 3.04 bits per heavy atom. The van der Waals surface area contributed by atoms with Gasteiger partial charge in [-0.1, -0.05) is 6.07 Å². The van der Waals surface area contributed by atoms with Crippen LogP contribution in [0.25, 0.3) is 0 Å². The van der Waals surface area contributed by atoms with Crippen LogP contribution < -0.4 is 5.32 Å². The van der Waals surface area contributed by atoms with E-state index in [1.165, 1.54) is 0 Å². The van der Waals surface area contributed by atoms with Gasteiger partial charge < -0.3 is 14.8 Å². The van der Waals surface area contributed by atoms with Crippen LogP contribution >= 0.6 is 0 Å². The molecule has 0 bridgehead atoms. The number of pyridine rings is 1. The topological polar surface area (TPSA) is 80.1 Å². The maximum Gasteiger partial charge on any atom is 0.226 e. The van der Waals surface area contributed by atoms with Crippen molar-refractivity contribution in [3.8, 4) is 0 Å². The third-order valence-corrected chi connectivity index (χ3v) is 5.23. The smallest absolute Gasteiger partial charge is 0.226 e. The minimum atomic E-state index is -0.383. The predicted molar refractivity (Wildman–Crippen MR) is 90.3 cm³/mol. The largest absolute Gasteiger partial charge is 0.351 e. The second-order valence-corrected chi connectivity index (χ2v) is 6.79. The summed E-state index contributed by atoms with van der Waals surface area (Å²) in [5.41, 5.74) is 0.900. The Hall–Kier alpha value is -2.70. The third-order valence-electron chi connectivity index (χ3n) is 5.23. The van der Waals surface area contributed by atoms with Crippen LogP contribution in [-0.2, 0) is 22.6 Å². The van der Waals surface area contributed by atoms with Crippen molar-refractivity contribution in [3.05, 3.63) is 48.3 Å². The normalized spacial score (nSPS) is 25.7. The molecular formula is C18H21N5O2. The number of carbonyl (C=O) groups is 2. The lowest BCUT2D eigenvalue weighted by atomic mass is 9.93. The molecule has 4 rings (SSSR count). The Morgan fingerprint density at radius 1 is 1.36 bits per heavy atom. The van der Waals surface area contributed by atoms with Gasteiger partial charge in [-0.05, 0) is 18.1 Å². The predicted octanol–water partition coefficient (Wildman–Crippen LogP) is 0.929. The van der Waals surface area contributed by atoms with E-state index in [1.54, 1.807) is 30.5 Å². The second kappa shape index (κ2) is 6.31. The molecule has 2 aliphatic heterocycles. The van der Waals surface area contributed by atoms with Crippen LogP contribution in [0.4, 0.5) is 0 Å². The Bertz CT molecular complexity index is 788. The number of amides is 2. The Balaban J connectivity index is 1.50. The molecule has 2 aliphatic rings. The van der Waals surface area contributed by atoms with Crippen molar-refractivity contribution in [2.45, 2.75) is 37.9 Å². The van der Waals surface area contributed by atoms with Gasteiger partial charge in [-0.15, -0.1) is 0 Å². The van der Waals surface area contributed by atoms with Crippen LogP contribution in [0.2, 0.25) is 0 Å². The molecule has 0 aromatic carbocycles. The average Bonchev–Trinajstić information content (AvgIpc) is 3.20. The average molecular weight is 339 g/mol. The number of imidazole rings is 1. The number of fused-ring (bicyclic) bond motifs is 1. The fourth-order valence-electron chi connectivity index (χ4n) is 3.90. The monoisotopic (exact) mass is 339 g/mol. The summed E-state index contributed by atoms with van der Waals surface area (Å²) in [6, 6.07) is 3.58. The Kier molecular flexibility index (Phi) is 3.99. The van der Waals surface area contributed by atoms with E-state index >= 15 is 0 Å². The number of nitrogens with zero attached hydrogens (tertiary/aromatic N) is 4. The molecule has 1 saturated heterocycles. The van der Waals surface area contributed by atoms with Crippen LogP contribution in [0.15, 0.2) is 36.9 Å². The van der Waals surface area contributed by atoms with Gasteiger partial charge in [0, 0.05) is 57.3 Å². The van der Waals surface area contributed by atoms with Crippen molar-refractivity contribution in [1.29, 1.82) is 0 Å². The lowest BCUT2D eigenvalue weighted by Crippen LogP contribution is -2.44. The van der Waals surface area contributed by atoms with Crippen LogP contribution in [0.1, 0.15) is 30.3 Å². The van der Waals surface area contributed by atoms with E-state index in [1.807, 2.05) is 18.3 Å². The molecule has 130 valence electrons. The van der Waals surface area contributed by atoms with Crippen molar-refractivity contribution >= 4 is 11.8 Å². The van der Waals surface area contributed by atoms with E-state index in [-0.39, 0.29) is 36.2 Å². The lowest BCUT2D eigenvalue weighted by Gasteiger charge is -2.28. The fourth-order valence-corrected chi connectivity index (χ4v) is 3.90. The Labute approximate surface area is 146 Å². The molecule has 0 spiro atoms. The molecule has 0 aliphatic carbocycles. The van der Waals surface area contributed by atoms with Crippen molar-refractivity contribution in [2.24, 2.45) is 5.92 Å². The quantitative estimate of drug-likeness (QED) is 0.902. The van der Waals surface area contributed by atoms with Gasteiger partial charge in [0.15, 0.2) is 0 Å². The molecule has 7 heteroatoms. The standard InChI is InChI=1S/C18H21N5O2/c1-22-16(24)9-14(17(22)12-3-2-6-19-10-12)18(25)21-13-4-5-15-20-7-8-23(15)11-13/h2-3,6-8,10,13-14,17H,4-5,9,11H2,1H3,(H,21,25)/t13-,14+,17+/m1/s1. The van der Waals surface area contributed by atoms with E-state index in [9.17, 15) is 9.59 Å². The number of hydrogen-bond acceptors (Lipinski definition) is 4. The minimum absolute atomic E-state index is 0.00505. The fraction of sp³-hybridized carbons (Fsp3) is 0.444. The van der Waals surface area contributed by atoms with Gasteiger partial charge in [0.05, 0.1) is 12.0 Å². The number of rotatable bonds is 3. The van der Waals surface area contributed by atoms with Crippen LogP contribution in [0, 0.1) is 5.92 Å². The molecule has 0 unspecified atom stereocenters. The highest BCUT2D eigenvalue weighted by molar-refractivity contribution is 5.90. The first-order chi connectivity index (χ1) is 12.1. The first-order valence-electron chi connectivity index (χ1n) is 8.59. The summed E-state index contributed by atoms with van der Waals surface area (Å²) in [6.45, 7) is 0.731. The molecular weight excluding hydrogens is 318 g/mol. The summed E-state index contributed by atoms with van der Waals surface area (Å²) in [7, 11) is 1.76. The van der Waals surface area contributed by atoms with Crippen molar-refractivity contribution < 1.29 is 9.59 Å². The first-order valence-corrected chi connectivity index (χ1v) is 8.59. The molecule has 4 heterocycles. The summed E-state index contributed by atoms with van der Waals surface area (Å²) >= 11 is 0. The molecule has 2 aromatic heterocycles. The highest BCUT2D eigenvalue weighted by Crippen LogP contribution is 2.36. The van der Waals surface area contributed by atoms with Gasteiger partial charge in [-0.3, -0.25) is 14.6 Å². The van der Waals surface area contributed by atoms with Gasteiger partial charge >= 0.3 is 0 Å². The molecule has 2 aromatic rings. The number of hydrogen-bond donors (Lipinski definition) is 1. The Morgan fingerprint density at radius 2 is 2.24 bits per heavy atom. The molecule has 1 fully saturated rings. The summed E-state index contributed by atoms with van der Waals surface area (Å²) in [4.78, 5) is 35.2. The number of nitrogens with one attached hydrogen (secondary N) is 1. The number of aryl methyl sites for hydroxylation is 1. The molecule has 0 saturated carbocycles. The van der Waals surface area contributed by atoms with Crippen molar-refractivity contribution in [1.82, 2.24) is 24.8 Å². The number of aromatic nitrogens is 3. The zero-order valence-electron chi connectivity index (χ0n) is 14.1. The maximum absolute atomic E-state index is 12.9. The van der Waals surface area contributed by atoms with Crippen molar-refractivity contribution in [2.75, 3.05) is 7.05 Å². The minimum Gasteiger partial charge on any atom is -0.351 e. The molecule has 25 heavy (non-hydrogen) atoms. The summed E-state index contributed by atoms with van der Waals surface area (Å²) in [5, 5.41) is 3.15. The zero-order valence-corrected chi connectivity index (χ0v) is 14.1. The van der Waals surface area contributed by atoms with Crippen LogP contribution in [-0.4, -0.2) is 44.3 Å². The molecule has 2 amide bonds. The van der Waals surface area contributed by atoms with Crippen molar-refractivity contribution in [3.63, 3.8) is 0 Å². The van der Waals surface area contributed by atoms with Crippen LogP contribution in [0.5, 0.6) is 0 Å². The van der Waals surface area contributed by atoms with Gasteiger partial charge in [-0.2, -0.15) is 0 Å². The summed E-state index contributed by atoms with van der Waals surface area (Å²) in [6.07, 6.45) is 9.13. The highest BCUT2D eigenvalue weighted by atomic mass is 16.2. The maximum atomic E-state index is 12.9. The SMILES string of the molecule is CN1C(=O)C[C@H](C(=O)N[C@@H]2CCc3nccn3C2)[C@@H]1c1cccnc1. The van der Waals surface area contributed by atoms with E-state index in [0.29, 0.717) is 0 Å².